The predicted octanol–water partition coefficient (Wildman–Crippen LogP) is 1.21. The van der Waals surface area contributed by atoms with Crippen molar-refractivity contribution >= 4 is 17.4 Å². The summed E-state index contributed by atoms with van der Waals surface area (Å²) in [6.07, 6.45) is 3.18. The van der Waals surface area contributed by atoms with Gasteiger partial charge >= 0.3 is 0 Å². The molecule has 0 atom stereocenters. The van der Waals surface area contributed by atoms with Crippen LogP contribution < -0.4 is 11.2 Å². The summed E-state index contributed by atoms with van der Waals surface area (Å²) in [5.41, 5.74) is 9.63. The topological polar surface area (TPSA) is 93.3 Å². The second-order valence-electron chi connectivity index (χ2n) is 3.79. The van der Waals surface area contributed by atoms with Crippen molar-refractivity contribution in [2.75, 3.05) is 5.73 Å². The SMILES string of the molecule is C/C(=N\NC(=O)c1cccnc1N)c1ccccn1. The van der Waals surface area contributed by atoms with Crippen LogP contribution in [0.4, 0.5) is 5.82 Å². The molecule has 6 nitrogen and oxygen atoms in total. The van der Waals surface area contributed by atoms with Gasteiger partial charge in [0.1, 0.15) is 5.82 Å². The zero-order chi connectivity index (χ0) is 13.7. The van der Waals surface area contributed by atoms with Gasteiger partial charge in [0.2, 0.25) is 0 Å². The van der Waals surface area contributed by atoms with Crippen LogP contribution in [0.25, 0.3) is 0 Å². The highest BCUT2D eigenvalue weighted by Gasteiger charge is 2.09. The van der Waals surface area contributed by atoms with Gasteiger partial charge in [-0.25, -0.2) is 10.4 Å². The fourth-order valence-corrected chi connectivity index (χ4v) is 1.44. The molecule has 1 amide bonds. The van der Waals surface area contributed by atoms with Gasteiger partial charge in [0.15, 0.2) is 0 Å². The Kier molecular flexibility index (Phi) is 3.82. The Labute approximate surface area is 110 Å². The van der Waals surface area contributed by atoms with Crippen LogP contribution in [0.5, 0.6) is 0 Å². The molecule has 3 N–H and O–H groups in total. The smallest absolute Gasteiger partial charge is 0.275 e. The first-order valence-electron chi connectivity index (χ1n) is 5.65. The lowest BCUT2D eigenvalue weighted by atomic mass is 10.2. The zero-order valence-electron chi connectivity index (χ0n) is 10.4. The second kappa shape index (κ2) is 5.72. The monoisotopic (exact) mass is 255 g/mol. The van der Waals surface area contributed by atoms with Crippen molar-refractivity contribution in [2.24, 2.45) is 5.10 Å². The van der Waals surface area contributed by atoms with Gasteiger partial charge in [0.25, 0.3) is 5.91 Å². The van der Waals surface area contributed by atoms with Gasteiger partial charge < -0.3 is 5.73 Å². The quantitative estimate of drug-likeness (QED) is 0.636. The largest absolute Gasteiger partial charge is 0.383 e. The average Bonchev–Trinajstić information content (AvgIpc) is 2.46. The predicted molar refractivity (Wildman–Crippen MR) is 72.6 cm³/mol. The highest BCUT2D eigenvalue weighted by Crippen LogP contribution is 2.06. The standard InChI is InChI=1S/C13H13N5O/c1-9(11-6-2-3-7-15-11)17-18-13(19)10-5-4-8-16-12(10)14/h2-8H,1H3,(H2,14,16)(H,18,19)/b17-9+. The molecule has 0 aliphatic heterocycles. The van der Waals surface area contributed by atoms with Crippen LogP contribution in [-0.4, -0.2) is 21.6 Å². The van der Waals surface area contributed by atoms with Crippen LogP contribution in [-0.2, 0) is 0 Å². The minimum Gasteiger partial charge on any atom is -0.383 e. The van der Waals surface area contributed by atoms with Crippen molar-refractivity contribution in [3.05, 3.63) is 54.0 Å². The summed E-state index contributed by atoms with van der Waals surface area (Å²) in [7, 11) is 0. The number of amides is 1. The Hall–Kier alpha value is -2.76. The van der Waals surface area contributed by atoms with Crippen LogP contribution in [0.3, 0.4) is 0 Å². The molecule has 0 unspecified atom stereocenters. The van der Waals surface area contributed by atoms with Gasteiger partial charge in [-0.2, -0.15) is 5.10 Å². The van der Waals surface area contributed by atoms with E-state index in [-0.39, 0.29) is 5.82 Å². The molecule has 2 aromatic heterocycles. The number of rotatable bonds is 3. The number of nitrogens with zero attached hydrogens (tertiary/aromatic N) is 3. The van der Waals surface area contributed by atoms with Crippen molar-refractivity contribution in [3.8, 4) is 0 Å². The molecule has 0 saturated heterocycles. The Morgan fingerprint density at radius 3 is 2.68 bits per heavy atom. The Balaban J connectivity index is 2.11. The van der Waals surface area contributed by atoms with Gasteiger partial charge in [0, 0.05) is 12.4 Å². The van der Waals surface area contributed by atoms with E-state index in [1.165, 1.54) is 6.20 Å². The normalized spacial score (nSPS) is 11.1. The molecule has 0 bridgehead atoms. The lowest BCUT2D eigenvalue weighted by molar-refractivity contribution is 0.0955. The number of carbonyl (C=O) groups is 1. The third kappa shape index (κ3) is 3.12. The van der Waals surface area contributed by atoms with Gasteiger partial charge in [-0.05, 0) is 31.2 Å². The molecule has 2 heterocycles. The first-order chi connectivity index (χ1) is 9.18. The summed E-state index contributed by atoms with van der Waals surface area (Å²) in [4.78, 5) is 19.8. The molecule has 0 saturated carbocycles. The molecular weight excluding hydrogens is 242 g/mol. The summed E-state index contributed by atoms with van der Waals surface area (Å²) in [5.74, 6) is -0.230. The number of carbonyl (C=O) groups excluding carboxylic acids is 1. The van der Waals surface area contributed by atoms with Crippen molar-refractivity contribution < 1.29 is 4.79 Å². The number of hydrazone groups is 1. The second-order valence-corrected chi connectivity index (χ2v) is 3.79. The number of aromatic nitrogens is 2. The Morgan fingerprint density at radius 1 is 1.21 bits per heavy atom. The van der Waals surface area contributed by atoms with Crippen molar-refractivity contribution in [1.29, 1.82) is 0 Å². The van der Waals surface area contributed by atoms with Crippen LogP contribution in [0.1, 0.15) is 23.0 Å². The van der Waals surface area contributed by atoms with Crippen molar-refractivity contribution in [1.82, 2.24) is 15.4 Å². The molecule has 19 heavy (non-hydrogen) atoms. The molecule has 0 aliphatic rings. The fraction of sp³-hybridized carbons (Fsp3) is 0.0769. The number of nitrogens with two attached hydrogens (primary N) is 1. The average molecular weight is 255 g/mol. The van der Waals surface area contributed by atoms with E-state index in [0.717, 1.165) is 0 Å². The van der Waals surface area contributed by atoms with Crippen molar-refractivity contribution in [3.63, 3.8) is 0 Å². The van der Waals surface area contributed by atoms with E-state index in [1.54, 1.807) is 25.3 Å². The minimum absolute atomic E-state index is 0.172. The third-order valence-electron chi connectivity index (χ3n) is 2.44. The maximum Gasteiger partial charge on any atom is 0.275 e. The van der Waals surface area contributed by atoms with Gasteiger partial charge in [-0.3, -0.25) is 9.78 Å². The summed E-state index contributed by atoms with van der Waals surface area (Å²) >= 11 is 0. The number of hydrogen-bond donors (Lipinski definition) is 2. The Bertz CT molecular complexity index is 609. The van der Waals surface area contributed by atoms with E-state index in [4.69, 9.17) is 5.73 Å². The molecular formula is C13H13N5O. The number of hydrogen-bond acceptors (Lipinski definition) is 5. The van der Waals surface area contributed by atoms with Gasteiger partial charge in [0.05, 0.1) is 17.0 Å². The molecule has 0 fully saturated rings. The first-order valence-corrected chi connectivity index (χ1v) is 5.65. The highest BCUT2D eigenvalue weighted by molar-refractivity contribution is 6.01. The van der Waals surface area contributed by atoms with E-state index < -0.39 is 5.91 Å². The molecule has 2 rings (SSSR count). The molecule has 6 heteroatoms. The summed E-state index contributed by atoms with van der Waals surface area (Å²) < 4.78 is 0. The minimum atomic E-state index is -0.402. The van der Waals surface area contributed by atoms with Crippen LogP contribution >= 0.6 is 0 Å². The maximum absolute atomic E-state index is 11.8. The molecule has 0 aromatic carbocycles. The summed E-state index contributed by atoms with van der Waals surface area (Å²) in [5, 5.41) is 3.98. The Morgan fingerprint density at radius 2 is 2.00 bits per heavy atom. The van der Waals surface area contributed by atoms with E-state index in [2.05, 4.69) is 20.5 Å². The first kappa shape index (κ1) is 12.7. The van der Waals surface area contributed by atoms with E-state index in [0.29, 0.717) is 17.0 Å². The third-order valence-corrected chi connectivity index (χ3v) is 2.44. The fourth-order valence-electron chi connectivity index (χ4n) is 1.44. The van der Waals surface area contributed by atoms with E-state index in [9.17, 15) is 4.79 Å². The van der Waals surface area contributed by atoms with Crippen molar-refractivity contribution in [2.45, 2.75) is 6.92 Å². The molecule has 0 aliphatic carbocycles. The van der Waals surface area contributed by atoms with Gasteiger partial charge in [-0.15, -0.1) is 0 Å². The van der Waals surface area contributed by atoms with Crippen LogP contribution in [0, 0.1) is 0 Å². The molecule has 0 radical (unpaired) electrons. The van der Waals surface area contributed by atoms with Crippen LogP contribution in [0.2, 0.25) is 0 Å². The molecule has 96 valence electrons. The van der Waals surface area contributed by atoms with E-state index >= 15 is 0 Å². The summed E-state index contributed by atoms with van der Waals surface area (Å²) in [6, 6.07) is 8.70. The number of anilines is 1. The zero-order valence-corrected chi connectivity index (χ0v) is 10.4. The van der Waals surface area contributed by atoms with E-state index in [1.807, 2.05) is 18.2 Å². The molecule has 0 spiro atoms. The van der Waals surface area contributed by atoms with Gasteiger partial charge in [-0.1, -0.05) is 6.07 Å². The number of nitrogen functional groups attached to an aromatic ring is 1. The lowest BCUT2D eigenvalue weighted by Gasteiger charge is -2.03. The summed E-state index contributed by atoms with van der Waals surface area (Å²) in [6.45, 7) is 1.76. The number of pyridine rings is 2. The number of nitrogens with one attached hydrogen (secondary N) is 1. The molecule has 2 aromatic rings. The highest BCUT2D eigenvalue weighted by atomic mass is 16.2. The van der Waals surface area contributed by atoms with Crippen LogP contribution in [0.15, 0.2) is 47.8 Å². The maximum atomic E-state index is 11.8. The lowest BCUT2D eigenvalue weighted by Crippen LogP contribution is -2.21.